The van der Waals surface area contributed by atoms with Crippen LogP contribution in [0, 0.1) is 23.2 Å². The van der Waals surface area contributed by atoms with Crippen LogP contribution >= 0.6 is 0 Å². The van der Waals surface area contributed by atoms with E-state index in [1.54, 1.807) is 0 Å². The first-order chi connectivity index (χ1) is 10.3. The smallest absolute Gasteiger partial charge is 0.223 e. The molecule has 5 heteroatoms. The number of carbonyl (C=O) groups is 1. The molecule has 4 bridgehead atoms. The zero-order valence-electron chi connectivity index (χ0n) is 13.5. The molecule has 124 valence electrons. The van der Waals surface area contributed by atoms with Gasteiger partial charge in [-0.3, -0.25) is 4.79 Å². The van der Waals surface area contributed by atoms with E-state index in [0.717, 1.165) is 17.8 Å². The standard InChI is InChI=1S/C17H27NO3S/c1-22(20,21)15-2-3-18(11-15)16(19)10-17-7-12-4-13(8-17)6-14(5-12)9-17/h12-15H,2-11H2,1H3. The lowest BCUT2D eigenvalue weighted by Crippen LogP contribution is -2.48. The highest BCUT2D eigenvalue weighted by atomic mass is 32.2. The molecule has 4 aliphatic carbocycles. The number of nitrogens with zero attached hydrogens (tertiary/aromatic N) is 1. The summed E-state index contributed by atoms with van der Waals surface area (Å²) in [6.07, 6.45) is 10.5. The molecule has 0 aromatic heterocycles. The molecule has 5 rings (SSSR count). The van der Waals surface area contributed by atoms with E-state index in [-0.39, 0.29) is 16.6 Å². The van der Waals surface area contributed by atoms with Gasteiger partial charge in [0.25, 0.3) is 0 Å². The number of hydrogen-bond acceptors (Lipinski definition) is 3. The molecule has 1 heterocycles. The van der Waals surface area contributed by atoms with E-state index >= 15 is 0 Å². The third-order valence-corrected chi connectivity index (χ3v) is 8.39. The summed E-state index contributed by atoms with van der Waals surface area (Å²) in [5.41, 5.74) is 0.259. The maximum atomic E-state index is 12.7. The summed E-state index contributed by atoms with van der Waals surface area (Å²) in [5.74, 6) is 2.80. The highest BCUT2D eigenvalue weighted by Crippen LogP contribution is 2.61. The molecule has 1 aliphatic heterocycles. The molecule has 0 aromatic rings. The third-order valence-electron chi connectivity index (χ3n) is 6.79. The van der Waals surface area contributed by atoms with Gasteiger partial charge in [-0.2, -0.15) is 0 Å². The van der Waals surface area contributed by atoms with Crippen LogP contribution in [0.1, 0.15) is 51.4 Å². The maximum Gasteiger partial charge on any atom is 0.223 e. The molecule has 4 nitrogen and oxygen atoms in total. The summed E-state index contributed by atoms with van der Waals surface area (Å²) in [7, 11) is -3.02. The van der Waals surface area contributed by atoms with E-state index in [4.69, 9.17) is 0 Å². The number of carbonyl (C=O) groups excluding carboxylic acids is 1. The van der Waals surface area contributed by atoms with Gasteiger partial charge in [0.2, 0.25) is 5.91 Å². The lowest BCUT2D eigenvalue weighted by atomic mass is 9.49. The van der Waals surface area contributed by atoms with Crippen molar-refractivity contribution in [3.05, 3.63) is 0 Å². The van der Waals surface area contributed by atoms with Gasteiger partial charge in [0.1, 0.15) is 0 Å². The summed E-state index contributed by atoms with van der Waals surface area (Å²) >= 11 is 0. The van der Waals surface area contributed by atoms with E-state index in [9.17, 15) is 13.2 Å². The first-order valence-electron chi connectivity index (χ1n) is 8.80. The summed E-state index contributed by atoms with van der Waals surface area (Å²) in [5, 5.41) is -0.340. The maximum absolute atomic E-state index is 12.7. The van der Waals surface area contributed by atoms with Crippen LogP contribution in [0.3, 0.4) is 0 Å². The highest BCUT2D eigenvalue weighted by molar-refractivity contribution is 7.91. The van der Waals surface area contributed by atoms with Crippen LogP contribution in [0.5, 0.6) is 0 Å². The lowest BCUT2D eigenvalue weighted by Gasteiger charge is -2.56. The Labute approximate surface area is 133 Å². The fraction of sp³-hybridized carbons (Fsp3) is 0.941. The number of amides is 1. The first kappa shape index (κ1) is 15.0. The normalized spacial score (nSPS) is 43.8. The van der Waals surface area contributed by atoms with Crippen LogP contribution in [0.15, 0.2) is 0 Å². The van der Waals surface area contributed by atoms with Gasteiger partial charge in [-0.25, -0.2) is 8.42 Å². The van der Waals surface area contributed by atoms with Gasteiger partial charge in [-0.1, -0.05) is 0 Å². The summed E-state index contributed by atoms with van der Waals surface area (Å²) in [4.78, 5) is 14.6. The zero-order valence-corrected chi connectivity index (χ0v) is 14.3. The third kappa shape index (κ3) is 2.59. The van der Waals surface area contributed by atoms with Gasteiger partial charge in [0, 0.05) is 25.8 Å². The Kier molecular flexibility index (Phi) is 3.37. The SMILES string of the molecule is CS(=O)(=O)C1CCN(C(=O)CC23CC4CC(CC(C4)C2)C3)C1. The molecule has 5 aliphatic rings. The second-order valence-corrected chi connectivity index (χ2v) is 11.0. The molecule has 1 atom stereocenters. The van der Waals surface area contributed by atoms with E-state index < -0.39 is 9.84 Å². The van der Waals surface area contributed by atoms with Gasteiger partial charge in [-0.15, -0.1) is 0 Å². The van der Waals surface area contributed by atoms with Crippen LogP contribution in [-0.2, 0) is 14.6 Å². The molecule has 0 radical (unpaired) electrons. The topological polar surface area (TPSA) is 54.5 Å². The fourth-order valence-corrected chi connectivity index (χ4v) is 7.23. The van der Waals surface area contributed by atoms with Crippen LogP contribution < -0.4 is 0 Å². The number of hydrogen-bond donors (Lipinski definition) is 0. The first-order valence-corrected chi connectivity index (χ1v) is 10.8. The Balaban J connectivity index is 1.43. The molecule has 5 fully saturated rings. The van der Waals surface area contributed by atoms with Gasteiger partial charge < -0.3 is 4.90 Å². The minimum absolute atomic E-state index is 0.216. The number of rotatable bonds is 3. The van der Waals surface area contributed by atoms with Gasteiger partial charge >= 0.3 is 0 Å². The van der Waals surface area contributed by atoms with Crippen molar-refractivity contribution in [3.63, 3.8) is 0 Å². The van der Waals surface area contributed by atoms with Crippen molar-refractivity contribution >= 4 is 15.7 Å². The van der Waals surface area contributed by atoms with Crippen LogP contribution in [0.4, 0.5) is 0 Å². The van der Waals surface area contributed by atoms with Gasteiger partial charge in [-0.05, 0) is 68.1 Å². The molecule has 4 saturated carbocycles. The molecule has 1 unspecified atom stereocenters. The Bertz CT molecular complexity index is 547. The fourth-order valence-electron chi connectivity index (χ4n) is 6.24. The van der Waals surface area contributed by atoms with Crippen molar-refractivity contribution in [2.24, 2.45) is 23.2 Å². The molecule has 22 heavy (non-hydrogen) atoms. The van der Waals surface area contributed by atoms with E-state index in [2.05, 4.69) is 0 Å². The van der Waals surface area contributed by atoms with Crippen molar-refractivity contribution in [2.45, 2.75) is 56.6 Å². The molecule has 0 N–H and O–H groups in total. The molecule has 1 saturated heterocycles. The van der Waals surface area contributed by atoms with Crippen LogP contribution in [-0.4, -0.2) is 43.8 Å². The van der Waals surface area contributed by atoms with Crippen molar-refractivity contribution in [1.82, 2.24) is 4.90 Å². The predicted molar refractivity (Wildman–Crippen MR) is 85.1 cm³/mol. The van der Waals surface area contributed by atoms with Gasteiger partial charge in [0.05, 0.1) is 5.25 Å². The highest BCUT2D eigenvalue weighted by Gasteiger charge is 2.52. The number of sulfone groups is 1. The summed E-state index contributed by atoms with van der Waals surface area (Å²) in [6, 6.07) is 0. The molecular weight excluding hydrogens is 298 g/mol. The largest absolute Gasteiger partial charge is 0.341 e. The van der Waals surface area contributed by atoms with Crippen LogP contribution in [0.25, 0.3) is 0 Å². The molecule has 1 amide bonds. The van der Waals surface area contributed by atoms with Crippen molar-refractivity contribution in [2.75, 3.05) is 19.3 Å². The van der Waals surface area contributed by atoms with E-state index in [1.165, 1.54) is 44.8 Å². The second kappa shape index (κ2) is 4.96. The van der Waals surface area contributed by atoms with E-state index in [0.29, 0.717) is 25.9 Å². The lowest BCUT2D eigenvalue weighted by molar-refractivity contribution is -0.138. The quantitative estimate of drug-likeness (QED) is 0.799. The van der Waals surface area contributed by atoms with Crippen molar-refractivity contribution in [3.8, 4) is 0 Å². The average molecular weight is 325 g/mol. The van der Waals surface area contributed by atoms with Crippen molar-refractivity contribution in [1.29, 1.82) is 0 Å². The second-order valence-electron chi connectivity index (χ2n) is 8.67. The summed E-state index contributed by atoms with van der Waals surface area (Å²) in [6.45, 7) is 1.05. The average Bonchev–Trinajstić information content (AvgIpc) is 2.85. The molecule has 0 aromatic carbocycles. The zero-order chi connectivity index (χ0) is 15.5. The Morgan fingerprint density at radius 1 is 1.09 bits per heavy atom. The monoisotopic (exact) mass is 325 g/mol. The Morgan fingerprint density at radius 2 is 1.64 bits per heavy atom. The van der Waals surface area contributed by atoms with E-state index in [1.807, 2.05) is 4.90 Å². The Morgan fingerprint density at radius 3 is 2.09 bits per heavy atom. The minimum Gasteiger partial charge on any atom is -0.341 e. The molecular formula is C17H27NO3S. The van der Waals surface area contributed by atoms with Crippen LogP contribution in [0.2, 0.25) is 0 Å². The number of likely N-dealkylation sites (tertiary alicyclic amines) is 1. The minimum atomic E-state index is -3.02. The van der Waals surface area contributed by atoms with Gasteiger partial charge in [0.15, 0.2) is 9.84 Å². The van der Waals surface area contributed by atoms with Crippen molar-refractivity contribution < 1.29 is 13.2 Å². The summed E-state index contributed by atoms with van der Waals surface area (Å²) < 4.78 is 23.3. The predicted octanol–water partition coefficient (Wildman–Crippen LogP) is 2.24. The Hall–Kier alpha value is -0.580. The molecule has 0 spiro atoms.